The lowest BCUT2D eigenvalue weighted by molar-refractivity contribution is -0.232. The molecule has 0 aromatic heterocycles. The van der Waals surface area contributed by atoms with E-state index < -0.39 is 5.60 Å². The van der Waals surface area contributed by atoms with Crippen molar-refractivity contribution in [1.82, 2.24) is 0 Å². The Balaban J connectivity index is 1.98. The largest absolute Gasteiger partial charge is 0.390 e. The van der Waals surface area contributed by atoms with Crippen LogP contribution in [0.5, 0.6) is 0 Å². The normalized spacial score (nSPS) is 40.9. The van der Waals surface area contributed by atoms with Gasteiger partial charge in [-0.15, -0.1) is 0 Å². The van der Waals surface area contributed by atoms with E-state index in [0.29, 0.717) is 5.92 Å². The third kappa shape index (κ3) is 2.21. The Morgan fingerprint density at radius 3 is 2.53 bits per heavy atom. The summed E-state index contributed by atoms with van der Waals surface area (Å²) in [6.07, 6.45) is 3.04. The summed E-state index contributed by atoms with van der Waals surface area (Å²) >= 11 is 0. The number of fused-ring (bicyclic) bond motifs is 2. The molecule has 1 N–H and O–H groups in total. The summed E-state index contributed by atoms with van der Waals surface area (Å²) in [4.78, 5) is 0. The zero-order valence-corrected chi connectivity index (χ0v) is 12.1. The summed E-state index contributed by atoms with van der Waals surface area (Å²) in [7, 11) is 0. The smallest absolute Gasteiger partial charge is 0.0887 e. The Morgan fingerprint density at radius 1 is 1.16 bits per heavy atom. The van der Waals surface area contributed by atoms with Crippen molar-refractivity contribution in [2.75, 3.05) is 0 Å². The van der Waals surface area contributed by atoms with Gasteiger partial charge in [0.1, 0.15) is 0 Å². The van der Waals surface area contributed by atoms with Crippen LogP contribution in [0, 0.1) is 11.8 Å². The maximum absolute atomic E-state index is 10.7. The van der Waals surface area contributed by atoms with E-state index in [1.807, 2.05) is 13.0 Å². The van der Waals surface area contributed by atoms with Crippen LogP contribution in [0.25, 0.3) is 0 Å². The van der Waals surface area contributed by atoms with Gasteiger partial charge >= 0.3 is 0 Å². The van der Waals surface area contributed by atoms with E-state index in [-0.39, 0.29) is 17.6 Å². The summed E-state index contributed by atoms with van der Waals surface area (Å²) in [5.41, 5.74) is 0.502. The average Bonchev–Trinajstić information content (AvgIpc) is 2.36. The number of ether oxygens (including phenoxy) is 1. The third-order valence-electron chi connectivity index (χ3n) is 5.24. The van der Waals surface area contributed by atoms with Gasteiger partial charge in [-0.05, 0) is 51.5 Å². The van der Waals surface area contributed by atoms with Gasteiger partial charge in [0.2, 0.25) is 0 Å². The first-order chi connectivity index (χ1) is 8.90. The first-order valence-corrected chi connectivity index (χ1v) is 7.35. The second-order valence-electron chi connectivity index (χ2n) is 6.99. The van der Waals surface area contributed by atoms with Gasteiger partial charge in [0.15, 0.2) is 0 Å². The molecule has 0 amide bonds. The number of benzene rings is 1. The lowest BCUT2D eigenvalue weighted by atomic mass is 9.62. The van der Waals surface area contributed by atoms with Crippen LogP contribution in [0.2, 0.25) is 0 Å². The number of hydrogen-bond acceptors (Lipinski definition) is 2. The SMILES string of the molecule is CC1(O)CCC2CC1[C@@H](c1ccccc1)OC2(C)C. The summed E-state index contributed by atoms with van der Waals surface area (Å²) in [6.45, 7) is 6.37. The van der Waals surface area contributed by atoms with Crippen molar-refractivity contribution in [3.8, 4) is 0 Å². The number of hydrogen-bond donors (Lipinski definition) is 1. The fraction of sp³-hybridized carbons (Fsp3) is 0.647. The Kier molecular flexibility index (Phi) is 2.99. The predicted octanol–water partition coefficient (Wildman–Crippen LogP) is 3.70. The van der Waals surface area contributed by atoms with Gasteiger partial charge in [-0.25, -0.2) is 0 Å². The van der Waals surface area contributed by atoms with E-state index in [2.05, 4.69) is 38.1 Å². The Labute approximate surface area is 115 Å². The molecule has 19 heavy (non-hydrogen) atoms. The highest BCUT2D eigenvalue weighted by molar-refractivity contribution is 5.21. The van der Waals surface area contributed by atoms with Crippen LogP contribution in [0.3, 0.4) is 0 Å². The van der Waals surface area contributed by atoms with E-state index >= 15 is 0 Å². The van der Waals surface area contributed by atoms with Crippen molar-refractivity contribution < 1.29 is 9.84 Å². The molecule has 4 atom stereocenters. The Morgan fingerprint density at radius 2 is 1.84 bits per heavy atom. The van der Waals surface area contributed by atoms with Crippen LogP contribution in [0.4, 0.5) is 0 Å². The number of aliphatic hydroxyl groups is 1. The van der Waals surface area contributed by atoms with Gasteiger partial charge in [0.25, 0.3) is 0 Å². The molecule has 2 aliphatic rings. The van der Waals surface area contributed by atoms with E-state index in [9.17, 15) is 5.11 Å². The average molecular weight is 260 g/mol. The molecule has 2 nitrogen and oxygen atoms in total. The minimum absolute atomic E-state index is 0.0164. The van der Waals surface area contributed by atoms with E-state index in [4.69, 9.17) is 4.74 Å². The van der Waals surface area contributed by atoms with Crippen LogP contribution in [-0.4, -0.2) is 16.3 Å². The molecule has 1 heterocycles. The Bertz CT molecular complexity index is 448. The fourth-order valence-electron chi connectivity index (χ4n) is 3.86. The Hall–Kier alpha value is -0.860. The van der Waals surface area contributed by atoms with Crippen LogP contribution < -0.4 is 0 Å². The van der Waals surface area contributed by atoms with Gasteiger partial charge in [0, 0.05) is 5.92 Å². The first kappa shape index (κ1) is 13.1. The second-order valence-corrected chi connectivity index (χ2v) is 6.99. The minimum atomic E-state index is -0.604. The molecule has 1 saturated heterocycles. The van der Waals surface area contributed by atoms with E-state index in [0.717, 1.165) is 19.3 Å². The van der Waals surface area contributed by atoms with Crippen molar-refractivity contribution in [3.63, 3.8) is 0 Å². The van der Waals surface area contributed by atoms with Crippen LogP contribution in [-0.2, 0) is 4.74 Å². The van der Waals surface area contributed by atoms with Crippen LogP contribution in [0.1, 0.15) is 51.7 Å². The maximum atomic E-state index is 10.7. The standard InChI is InChI=1S/C17H24O2/c1-16(2)13-9-10-17(3,18)14(11-13)15(19-16)12-7-5-4-6-8-12/h4-8,13-15,18H,9-11H2,1-3H3/t13?,14?,15-,17?/m1/s1. The van der Waals surface area contributed by atoms with Crippen molar-refractivity contribution in [2.45, 2.75) is 57.3 Å². The van der Waals surface area contributed by atoms with Gasteiger partial charge < -0.3 is 9.84 Å². The highest BCUT2D eigenvalue weighted by Crippen LogP contribution is 2.54. The summed E-state index contributed by atoms with van der Waals surface area (Å²) < 4.78 is 6.40. The van der Waals surface area contributed by atoms with Crippen molar-refractivity contribution in [3.05, 3.63) is 35.9 Å². The molecule has 3 unspecified atom stereocenters. The lowest BCUT2D eigenvalue weighted by Crippen LogP contribution is -2.54. The lowest BCUT2D eigenvalue weighted by Gasteiger charge is -2.55. The number of rotatable bonds is 1. The van der Waals surface area contributed by atoms with Crippen molar-refractivity contribution in [2.24, 2.45) is 11.8 Å². The molecule has 0 spiro atoms. The van der Waals surface area contributed by atoms with Crippen LogP contribution in [0.15, 0.2) is 30.3 Å². The summed E-state index contributed by atoms with van der Waals surface area (Å²) in [5, 5.41) is 10.7. The summed E-state index contributed by atoms with van der Waals surface area (Å²) in [5.74, 6) is 0.777. The molecule has 2 heteroatoms. The third-order valence-corrected chi connectivity index (χ3v) is 5.24. The molecule has 0 radical (unpaired) electrons. The monoisotopic (exact) mass is 260 g/mol. The zero-order chi connectivity index (χ0) is 13.7. The van der Waals surface area contributed by atoms with E-state index in [1.165, 1.54) is 5.56 Å². The van der Waals surface area contributed by atoms with Gasteiger partial charge in [-0.1, -0.05) is 30.3 Å². The maximum Gasteiger partial charge on any atom is 0.0887 e. The van der Waals surface area contributed by atoms with E-state index in [1.54, 1.807) is 0 Å². The topological polar surface area (TPSA) is 29.5 Å². The molecule has 1 aromatic carbocycles. The molecule has 3 rings (SSSR count). The van der Waals surface area contributed by atoms with Crippen molar-refractivity contribution in [1.29, 1.82) is 0 Å². The second kappa shape index (κ2) is 4.32. The van der Waals surface area contributed by atoms with Gasteiger partial charge in [-0.3, -0.25) is 0 Å². The highest BCUT2D eigenvalue weighted by Gasteiger charge is 2.52. The van der Waals surface area contributed by atoms with Crippen molar-refractivity contribution >= 4 is 0 Å². The molecule has 2 bridgehead atoms. The molecule has 1 saturated carbocycles. The summed E-state index contributed by atoms with van der Waals surface area (Å²) in [6, 6.07) is 10.4. The zero-order valence-electron chi connectivity index (χ0n) is 12.1. The molecule has 104 valence electrons. The molecule has 2 fully saturated rings. The minimum Gasteiger partial charge on any atom is -0.390 e. The highest BCUT2D eigenvalue weighted by atomic mass is 16.5. The fourth-order valence-corrected chi connectivity index (χ4v) is 3.86. The predicted molar refractivity (Wildman–Crippen MR) is 75.8 cm³/mol. The first-order valence-electron chi connectivity index (χ1n) is 7.35. The molecule has 1 aromatic rings. The van der Waals surface area contributed by atoms with Gasteiger partial charge in [-0.2, -0.15) is 0 Å². The molecule has 1 aliphatic carbocycles. The van der Waals surface area contributed by atoms with Gasteiger partial charge in [0.05, 0.1) is 17.3 Å². The molecular formula is C17H24O2. The quantitative estimate of drug-likeness (QED) is 0.834. The van der Waals surface area contributed by atoms with Crippen LogP contribution >= 0.6 is 0 Å². The molecular weight excluding hydrogens is 236 g/mol. The molecule has 1 aliphatic heterocycles.